The molecule has 2 atom stereocenters. The largest absolute Gasteiger partial charge is 0.468 e. The molecule has 0 spiro atoms. The van der Waals surface area contributed by atoms with Crippen molar-refractivity contribution >= 4 is 5.91 Å². The Morgan fingerprint density at radius 2 is 1.81 bits per heavy atom. The number of carbonyl (C=O) groups is 1. The van der Waals surface area contributed by atoms with Crippen LogP contribution >= 0.6 is 0 Å². The average Bonchev–Trinajstić information content (AvgIpc) is 3.13. The fourth-order valence-electron chi connectivity index (χ4n) is 3.52. The maximum atomic E-state index is 12.7. The van der Waals surface area contributed by atoms with Gasteiger partial charge in [-0.15, -0.1) is 0 Å². The van der Waals surface area contributed by atoms with Gasteiger partial charge in [0.15, 0.2) is 13.6 Å². The monoisotopic (exact) mass is 367 g/mol. The summed E-state index contributed by atoms with van der Waals surface area (Å²) < 4.78 is 21.5. The lowest BCUT2D eigenvalue weighted by Crippen LogP contribution is -2.33. The molecule has 7 nitrogen and oxygen atoms in total. The van der Waals surface area contributed by atoms with E-state index >= 15 is 0 Å². The second-order valence-electron chi connectivity index (χ2n) is 6.42. The number of hydrogen-bond acceptors (Lipinski definition) is 6. The van der Waals surface area contributed by atoms with Crippen LogP contribution in [-0.4, -0.2) is 52.9 Å². The number of hydrogen-bond donors (Lipinski definition) is 0. The highest BCUT2D eigenvalue weighted by Crippen LogP contribution is 2.46. The molecule has 0 N–H and O–H groups in total. The Morgan fingerprint density at radius 1 is 1.12 bits per heavy atom. The van der Waals surface area contributed by atoms with Crippen molar-refractivity contribution < 1.29 is 28.6 Å². The summed E-state index contributed by atoms with van der Waals surface area (Å²) in [7, 11) is 6.30. The molecule has 0 aliphatic heterocycles. The molecule has 146 valence electrons. The van der Waals surface area contributed by atoms with Crippen molar-refractivity contribution in [2.45, 2.75) is 32.1 Å². The summed E-state index contributed by atoms with van der Waals surface area (Å²) in [4.78, 5) is 17.8. The summed E-state index contributed by atoms with van der Waals surface area (Å²) >= 11 is 0. The number of hydroxylamine groups is 2. The second-order valence-corrected chi connectivity index (χ2v) is 6.42. The van der Waals surface area contributed by atoms with Crippen LogP contribution in [0.4, 0.5) is 0 Å². The fourth-order valence-corrected chi connectivity index (χ4v) is 3.52. The van der Waals surface area contributed by atoms with Crippen LogP contribution in [-0.2, 0) is 19.1 Å². The first-order valence-corrected chi connectivity index (χ1v) is 8.73. The zero-order valence-corrected chi connectivity index (χ0v) is 16.2. The first kappa shape index (κ1) is 20.5. The molecule has 0 saturated heterocycles. The maximum Gasteiger partial charge on any atom is 0.249 e. The average molecular weight is 367 g/mol. The number of amides is 1. The van der Waals surface area contributed by atoms with Crippen molar-refractivity contribution in [3.63, 3.8) is 0 Å². The van der Waals surface area contributed by atoms with Gasteiger partial charge in [-0.3, -0.25) is 9.63 Å². The minimum Gasteiger partial charge on any atom is -0.468 e. The van der Waals surface area contributed by atoms with E-state index in [0.717, 1.165) is 36.1 Å². The van der Waals surface area contributed by atoms with Crippen molar-refractivity contribution in [3.8, 4) is 11.5 Å². The molecule has 2 rings (SSSR count). The Kier molecular flexibility index (Phi) is 7.68. The van der Waals surface area contributed by atoms with Gasteiger partial charge in [-0.05, 0) is 43.4 Å². The molecule has 1 aromatic rings. The van der Waals surface area contributed by atoms with Crippen molar-refractivity contribution in [1.29, 1.82) is 0 Å². The SMILES string of the molecule is COCOc1cc(C)c(OCOC)c(C2CCCC2C(=O)N(C)OC)c1. The van der Waals surface area contributed by atoms with Crippen LogP contribution in [0.25, 0.3) is 0 Å². The highest BCUT2D eigenvalue weighted by molar-refractivity contribution is 5.79. The van der Waals surface area contributed by atoms with Crippen LogP contribution in [0, 0.1) is 12.8 Å². The van der Waals surface area contributed by atoms with E-state index in [9.17, 15) is 4.79 Å². The lowest BCUT2D eigenvalue weighted by Gasteiger charge is -2.26. The number of nitrogens with zero attached hydrogens (tertiary/aromatic N) is 1. The van der Waals surface area contributed by atoms with Gasteiger partial charge in [0.2, 0.25) is 5.91 Å². The molecule has 0 heterocycles. The molecule has 1 amide bonds. The Balaban J connectivity index is 2.39. The molecule has 26 heavy (non-hydrogen) atoms. The van der Waals surface area contributed by atoms with Gasteiger partial charge in [0, 0.05) is 32.7 Å². The second kappa shape index (κ2) is 9.75. The van der Waals surface area contributed by atoms with Crippen LogP contribution in [0.5, 0.6) is 11.5 Å². The number of carbonyl (C=O) groups excluding carboxylic acids is 1. The van der Waals surface area contributed by atoms with Gasteiger partial charge in [-0.25, -0.2) is 5.06 Å². The first-order valence-electron chi connectivity index (χ1n) is 8.73. The van der Waals surface area contributed by atoms with Gasteiger partial charge in [0.05, 0.1) is 7.11 Å². The van der Waals surface area contributed by atoms with Gasteiger partial charge in [0.25, 0.3) is 0 Å². The minimum atomic E-state index is -0.151. The Bertz CT molecular complexity index is 606. The van der Waals surface area contributed by atoms with E-state index in [1.807, 2.05) is 19.1 Å². The van der Waals surface area contributed by atoms with E-state index in [0.29, 0.717) is 5.75 Å². The summed E-state index contributed by atoms with van der Waals surface area (Å²) in [6.45, 7) is 2.27. The third kappa shape index (κ3) is 4.66. The van der Waals surface area contributed by atoms with Crippen molar-refractivity contribution in [2.24, 2.45) is 5.92 Å². The summed E-state index contributed by atoms with van der Waals surface area (Å²) in [5.41, 5.74) is 1.90. The molecule has 1 aliphatic rings. The number of methoxy groups -OCH3 is 2. The topological polar surface area (TPSA) is 66.5 Å². The van der Waals surface area contributed by atoms with Crippen LogP contribution in [0.1, 0.15) is 36.3 Å². The molecule has 7 heteroatoms. The lowest BCUT2D eigenvalue weighted by atomic mass is 9.86. The number of aryl methyl sites for hydroxylation is 1. The van der Waals surface area contributed by atoms with E-state index in [4.69, 9.17) is 23.8 Å². The molecule has 0 bridgehead atoms. The number of ether oxygens (including phenoxy) is 4. The Labute approximate surface area is 155 Å². The molecule has 1 fully saturated rings. The third-order valence-corrected chi connectivity index (χ3v) is 4.76. The fraction of sp³-hybridized carbons (Fsp3) is 0.632. The molecule has 1 aliphatic carbocycles. The molecular weight excluding hydrogens is 338 g/mol. The van der Waals surface area contributed by atoms with Crippen LogP contribution in [0.2, 0.25) is 0 Å². The smallest absolute Gasteiger partial charge is 0.249 e. The summed E-state index contributed by atoms with van der Waals surface area (Å²) in [6.07, 6.45) is 2.71. The van der Waals surface area contributed by atoms with Gasteiger partial charge in [-0.2, -0.15) is 0 Å². The van der Waals surface area contributed by atoms with Crippen LogP contribution in [0.15, 0.2) is 12.1 Å². The standard InChI is InChI=1S/C19H29NO6/c1-13-9-14(25-11-22-3)10-17(18(13)26-12-23-4)15-7-6-8-16(15)19(21)20(2)24-5/h9-10,15-16H,6-8,11-12H2,1-5H3. The molecule has 0 aromatic heterocycles. The molecule has 1 aromatic carbocycles. The van der Waals surface area contributed by atoms with Crippen LogP contribution in [0.3, 0.4) is 0 Å². The normalized spacial score (nSPS) is 19.4. The van der Waals surface area contributed by atoms with Crippen LogP contribution < -0.4 is 9.47 Å². The summed E-state index contributed by atoms with van der Waals surface area (Å²) in [5, 5.41) is 1.30. The van der Waals surface area contributed by atoms with Crippen molar-refractivity contribution in [1.82, 2.24) is 5.06 Å². The summed E-state index contributed by atoms with van der Waals surface area (Å²) in [6, 6.07) is 3.85. The zero-order valence-electron chi connectivity index (χ0n) is 16.2. The van der Waals surface area contributed by atoms with Crippen molar-refractivity contribution in [3.05, 3.63) is 23.3 Å². The predicted octanol–water partition coefficient (Wildman–Crippen LogP) is 2.86. The maximum absolute atomic E-state index is 12.7. The molecular formula is C19H29NO6. The highest BCUT2D eigenvalue weighted by Gasteiger charge is 2.38. The van der Waals surface area contributed by atoms with E-state index < -0.39 is 0 Å². The third-order valence-electron chi connectivity index (χ3n) is 4.76. The predicted molar refractivity (Wildman–Crippen MR) is 96.0 cm³/mol. The first-order chi connectivity index (χ1) is 12.5. The zero-order chi connectivity index (χ0) is 19.1. The van der Waals surface area contributed by atoms with E-state index in [2.05, 4.69) is 0 Å². The molecule has 2 unspecified atom stereocenters. The van der Waals surface area contributed by atoms with Gasteiger partial charge in [0.1, 0.15) is 11.5 Å². The number of rotatable bonds is 9. The van der Waals surface area contributed by atoms with Gasteiger partial charge in [-0.1, -0.05) is 6.42 Å². The molecule has 1 saturated carbocycles. The van der Waals surface area contributed by atoms with Gasteiger partial charge < -0.3 is 18.9 Å². The van der Waals surface area contributed by atoms with E-state index in [1.54, 1.807) is 21.3 Å². The lowest BCUT2D eigenvalue weighted by molar-refractivity contribution is -0.173. The molecule has 0 radical (unpaired) electrons. The van der Waals surface area contributed by atoms with E-state index in [1.165, 1.54) is 12.2 Å². The quantitative estimate of drug-likeness (QED) is 0.494. The Morgan fingerprint density at radius 3 is 2.46 bits per heavy atom. The van der Waals surface area contributed by atoms with E-state index in [-0.39, 0.29) is 31.3 Å². The summed E-state index contributed by atoms with van der Waals surface area (Å²) in [5.74, 6) is 1.32. The highest BCUT2D eigenvalue weighted by atomic mass is 16.7. The number of benzene rings is 1. The minimum absolute atomic E-state index is 0.0199. The Hall–Kier alpha value is -1.83. The van der Waals surface area contributed by atoms with Crippen molar-refractivity contribution in [2.75, 3.05) is 42.0 Å². The van der Waals surface area contributed by atoms with Gasteiger partial charge >= 0.3 is 0 Å².